The number of nitrogens with one attached hydrogen (secondary N) is 1. The Morgan fingerprint density at radius 1 is 1.00 bits per heavy atom. The topological polar surface area (TPSA) is 50.9 Å². The molecule has 1 heterocycles. The number of nitrogens with two attached hydrogens (primary N) is 1. The number of anilines is 3. The molecular formula is C17H16ClN3. The number of rotatable bonds is 2. The van der Waals surface area contributed by atoms with E-state index < -0.39 is 0 Å². The lowest BCUT2D eigenvalue weighted by atomic mass is 10.1. The molecule has 0 bridgehead atoms. The van der Waals surface area contributed by atoms with E-state index in [0.29, 0.717) is 10.8 Å². The fourth-order valence-electron chi connectivity index (χ4n) is 2.52. The molecule has 0 fully saturated rings. The minimum atomic E-state index is 0.483. The van der Waals surface area contributed by atoms with Gasteiger partial charge in [0.15, 0.2) is 0 Å². The number of aryl methyl sites for hydroxylation is 2. The average molecular weight is 298 g/mol. The van der Waals surface area contributed by atoms with E-state index in [9.17, 15) is 0 Å². The zero-order chi connectivity index (χ0) is 15.0. The maximum absolute atomic E-state index is 6.10. The number of hydrogen-bond acceptors (Lipinski definition) is 3. The normalized spacial score (nSPS) is 10.8. The number of nitrogens with zero attached hydrogens (tertiary/aromatic N) is 1. The lowest BCUT2D eigenvalue weighted by molar-refractivity contribution is 1.37. The first-order chi connectivity index (χ1) is 10.0. The van der Waals surface area contributed by atoms with Crippen LogP contribution in [-0.4, -0.2) is 4.98 Å². The lowest BCUT2D eigenvalue weighted by Gasteiger charge is -2.12. The van der Waals surface area contributed by atoms with E-state index in [1.54, 1.807) is 0 Å². The minimum Gasteiger partial charge on any atom is -0.384 e. The van der Waals surface area contributed by atoms with Gasteiger partial charge in [-0.05, 0) is 55.3 Å². The molecule has 0 radical (unpaired) electrons. The molecule has 3 aromatic rings. The van der Waals surface area contributed by atoms with Crippen LogP contribution in [0.3, 0.4) is 0 Å². The van der Waals surface area contributed by atoms with Crippen molar-refractivity contribution < 1.29 is 0 Å². The molecule has 0 amide bonds. The Hall–Kier alpha value is -2.26. The van der Waals surface area contributed by atoms with Gasteiger partial charge in [-0.25, -0.2) is 4.98 Å². The van der Waals surface area contributed by atoms with Crippen LogP contribution in [0.5, 0.6) is 0 Å². The third-order valence-electron chi connectivity index (χ3n) is 3.29. The van der Waals surface area contributed by atoms with Crippen molar-refractivity contribution in [2.24, 2.45) is 0 Å². The molecule has 21 heavy (non-hydrogen) atoms. The van der Waals surface area contributed by atoms with Gasteiger partial charge in [-0.2, -0.15) is 0 Å². The van der Waals surface area contributed by atoms with Gasteiger partial charge in [-0.1, -0.05) is 17.7 Å². The van der Waals surface area contributed by atoms with Gasteiger partial charge in [0.25, 0.3) is 0 Å². The van der Waals surface area contributed by atoms with Gasteiger partial charge in [0, 0.05) is 22.2 Å². The van der Waals surface area contributed by atoms with Gasteiger partial charge in [0.2, 0.25) is 0 Å². The second-order valence-electron chi connectivity index (χ2n) is 5.26. The molecule has 0 aliphatic carbocycles. The van der Waals surface area contributed by atoms with E-state index in [-0.39, 0.29) is 0 Å². The third-order valence-corrected chi connectivity index (χ3v) is 3.53. The van der Waals surface area contributed by atoms with Crippen molar-refractivity contribution >= 4 is 39.7 Å². The van der Waals surface area contributed by atoms with Crippen molar-refractivity contribution in [1.82, 2.24) is 4.98 Å². The number of fused-ring (bicyclic) bond motifs is 1. The second-order valence-corrected chi connectivity index (χ2v) is 5.69. The van der Waals surface area contributed by atoms with Crippen molar-refractivity contribution in [3.63, 3.8) is 0 Å². The molecule has 3 nitrogen and oxygen atoms in total. The molecule has 106 valence electrons. The van der Waals surface area contributed by atoms with Crippen LogP contribution in [-0.2, 0) is 0 Å². The number of benzene rings is 2. The molecule has 3 N–H and O–H groups in total. The Kier molecular flexibility index (Phi) is 3.43. The molecule has 0 aliphatic rings. The Labute approximate surface area is 128 Å². The van der Waals surface area contributed by atoms with Crippen molar-refractivity contribution in [3.8, 4) is 0 Å². The number of pyridine rings is 1. The van der Waals surface area contributed by atoms with Gasteiger partial charge >= 0.3 is 0 Å². The second kappa shape index (κ2) is 5.26. The summed E-state index contributed by atoms with van der Waals surface area (Å²) in [6.45, 7) is 4.15. The summed E-state index contributed by atoms with van der Waals surface area (Å²) in [6.07, 6.45) is 0. The first kappa shape index (κ1) is 13.7. The number of nitrogen functional groups attached to an aromatic ring is 1. The van der Waals surface area contributed by atoms with Crippen LogP contribution in [0.15, 0.2) is 42.5 Å². The van der Waals surface area contributed by atoms with Crippen LogP contribution in [0.2, 0.25) is 5.02 Å². The molecule has 0 unspecified atom stereocenters. The smallest absolute Gasteiger partial charge is 0.126 e. The fraction of sp³-hybridized carbons (Fsp3) is 0.118. The van der Waals surface area contributed by atoms with E-state index in [4.69, 9.17) is 17.3 Å². The predicted molar refractivity (Wildman–Crippen MR) is 90.4 cm³/mol. The maximum Gasteiger partial charge on any atom is 0.126 e. The summed E-state index contributed by atoms with van der Waals surface area (Å²) in [7, 11) is 0. The minimum absolute atomic E-state index is 0.483. The van der Waals surface area contributed by atoms with Gasteiger partial charge in [0.1, 0.15) is 5.82 Å². The van der Waals surface area contributed by atoms with E-state index in [1.165, 1.54) is 11.1 Å². The maximum atomic E-state index is 6.10. The highest BCUT2D eigenvalue weighted by atomic mass is 35.5. The van der Waals surface area contributed by atoms with Crippen molar-refractivity contribution in [3.05, 3.63) is 58.6 Å². The molecule has 0 aliphatic heterocycles. The Balaban J connectivity index is 2.13. The number of hydrogen-bond donors (Lipinski definition) is 2. The highest BCUT2D eigenvalue weighted by Gasteiger charge is 2.06. The van der Waals surface area contributed by atoms with Gasteiger partial charge in [-0.3, -0.25) is 0 Å². The third kappa shape index (κ3) is 2.93. The summed E-state index contributed by atoms with van der Waals surface area (Å²) in [5.74, 6) is 0.483. The summed E-state index contributed by atoms with van der Waals surface area (Å²) in [5.41, 5.74) is 11.1. The standard InChI is InChI=1S/C17H16ClN3/c1-10-5-11(2)7-13(6-10)20-16-9-17(19)21-15-4-3-12(18)8-14(15)16/h3-9H,1-2H3,(H3,19,20,21). The van der Waals surface area contributed by atoms with Crippen LogP contribution in [0.4, 0.5) is 17.2 Å². The Morgan fingerprint density at radius 3 is 2.43 bits per heavy atom. The molecule has 0 atom stereocenters. The van der Waals surface area contributed by atoms with Crippen LogP contribution in [0, 0.1) is 13.8 Å². The quantitative estimate of drug-likeness (QED) is 0.712. The summed E-state index contributed by atoms with van der Waals surface area (Å²) < 4.78 is 0. The monoisotopic (exact) mass is 297 g/mol. The highest BCUT2D eigenvalue weighted by molar-refractivity contribution is 6.31. The molecule has 0 saturated carbocycles. The Bertz CT molecular complexity index is 807. The first-order valence-corrected chi connectivity index (χ1v) is 7.10. The summed E-state index contributed by atoms with van der Waals surface area (Å²) >= 11 is 6.10. The summed E-state index contributed by atoms with van der Waals surface area (Å²) in [6, 6.07) is 13.8. The molecular weight excluding hydrogens is 282 g/mol. The Morgan fingerprint density at radius 2 is 1.71 bits per heavy atom. The van der Waals surface area contributed by atoms with Crippen molar-refractivity contribution in [2.75, 3.05) is 11.1 Å². The molecule has 4 heteroatoms. The van der Waals surface area contributed by atoms with Crippen LogP contribution < -0.4 is 11.1 Å². The van der Waals surface area contributed by atoms with Crippen LogP contribution in [0.1, 0.15) is 11.1 Å². The summed E-state index contributed by atoms with van der Waals surface area (Å²) in [5, 5.41) is 5.05. The van der Waals surface area contributed by atoms with Crippen LogP contribution in [0.25, 0.3) is 10.9 Å². The zero-order valence-electron chi connectivity index (χ0n) is 11.9. The van der Waals surface area contributed by atoms with Crippen molar-refractivity contribution in [1.29, 1.82) is 0 Å². The SMILES string of the molecule is Cc1cc(C)cc(Nc2cc(N)nc3ccc(Cl)cc23)c1. The highest BCUT2D eigenvalue weighted by Crippen LogP contribution is 2.30. The van der Waals surface area contributed by atoms with E-state index in [2.05, 4.69) is 42.3 Å². The molecule has 3 rings (SSSR count). The molecule has 0 spiro atoms. The van der Waals surface area contributed by atoms with E-state index in [0.717, 1.165) is 22.3 Å². The van der Waals surface area contributed by atoms with E-state index >= 15 is 0 Å². The fourth-order valence-corrected chi connectivity index (χ4v) is 2.70. The predicted octanol–water partition coefficient (Wildman–Crippen LogP) is 4.83. The summed E-state index contributed by atoms with van der Waals surface area (Å²) in [4.78, 5) is 4.33. The van der Waals surface area contributed by atoms with Crippen molar-refractivity contribution in [2.45, 2.75) is 13.8 Å². The van der Waals surface area contributed by atoms with E-state index in [1.807, 2.05) is 24.3 Å². The molecule has 2 aromatic carbocycles. The number of aromatic nitrogens is 1. The average Bonchev–Trinajstić information content (AvgIpc) is 2.38. The van der Waals surface area contributed by atoms with Gasteiger partial charge in [-0.15, -0.1) is 0 Å². The molecule has 0 saturated heterocycles. The van der Waals surface area contributed by atoms with Gasteiger partial charge in [0.05, 0.1) is 11.2 Å². The molecule has 1 aromatic heterocycles. The first-order valence-electron chi connectivity index (χ1n) is 6.72. The number of halogens is 1. The largest absolute Gasteiger partial charge is 0.384 e. The van der Waals surface area contributed by atoms with Crippen LogP contribution >= 0.6 is 11.6 Å². The lowest BCUT2D eigenvalue weighted by Crippen LogP contribution is -1.97. The van der Waals surface area contributed by atoms with Gasteiger partial charge < -0.3 is 11.1 Å². The zero-order valence-corrected chi connectivity index (χ0v) is 12.7.